The molecular formula is C19H20Cl2N2O3S2. The van der Waals surface area contributed by atoms with Crippen molar-refractivity contribution in [2.45, 2.75) is 22.6 Å². The molecule has 1 fully saturated rings. The van der Waals surface area contributed by atoms with E-state index in [4.69, 9.17) is 23.2 Å². The summed E-state index contributed by atoms with van der Waals surface area (Å²) in [7, 11) is -3.56. The molecule has 0 spiro atoms. The van der Waals surface area contributed by atoms with Gasteiger partial charge in [-0.25, -0.2) is 8.42 Å². The molecule has 0 aromatic heterocycles. The van der Waals surface area contributed by atoms with E-state index in [-0.39, 0.29) is 16.7 Å². The van der Waals surface area contributed by atoms with E-state index in [1.165, 1.54) is 4.31 Å². The summed E-state index contributed by atoms with van der Waals surface area (Å²) in [5.41, 5.74) is 0.389. The minimum absolute atomic E-state index is 0.198. The number of thioether (sulfide) groups is 1. The Kier molecular flexibility index (Phi) is 6.94. The number of hydrogen-bond acceptors (Lipinski definition) is 4. The molecule has 28 heavy (non-hydrogen) atoms. The Morgan fingerprint density at radius 2 is 1.64 bits per heavy atom. The molecule has 5 nitrogen and oxygen atoms in total. The van der Waals surface area contributed by atoms with Gasteiger partial charge in [-0.3, -0.25) is 4.79 Å². The summed E-state index contributed by atoms with van der Waals surface area (Å²) in [4.78, 5) is 13.9. The van der Waals surface area contributed by atoms with Gasteiger partial charge in [0.25, 0.3) is 0 Å². The van der Waals surface area contributed by atoms with Gasteiger partial charge >= 0.3 is 0 Å². The van der Waals surface area contributed by atoms with Crippen LogP contribution >= 0.6 is 35.0 Å². The molecule has 3 rings (SSSR count). The van der Waals surface area contributed by atoms with E-state index in [0.29, 0.717) is 41.7 Å². The molecule has 1 heterocycles. The van der Waals surface area contributed by atoms with Crippen molar-refractivity contribution < 1.29 is 13.2 Å². The van der Waals surface area contributed by atoms with Crippen LogP contribution < -0.4 is 5.32 Å². The zero-order valence-electron chi connectivity index (χ0n) is 15.2. The van der Waals surface area contributed by atoms with E-state index in [9.17, 15) is 13.2 Å². The summed E-state index contributed by atoms with van der Waals surface area (Å²) in [6.07, 6.45) is 2.82. The lowest BCUT2D eigenvalue weighted by molar-refractivity contribution is -0.120. The van der Waals surface area contributed by atoms with Gasteiger partial charge < -0.3 is 5.32 Å². The molecule has 1 N–H and O–H groups in total. The van der Waals surface area contributed by atoms with Crippen molar-refractivity contribution in [2.24, 2.45) is 5.92 Å². The summed E-state index contributed by atoms with van der Waals surface area (Å²) in [5, 5.41) is 3.51. The summed E-state index contributed by atoms with van der Waals surface area (Å²) in [6.45, 7) is 0.585. The maximum absolute atomic E-state index is 12.8. The molecule has 1 saturated heterocycles. The SMILES string of the molecule is CSc1ccc(S(=O)(=O)N2CCC(C(=O)Nc3c(Cl)cccc3Cl)CC2)cc1. The largest absolute Gasteiger partial charge is 0.323 e. The second-order valence-corrected chi connectivity index (χ2v) is 10.1. The highest BCUT2D eigenvalue weighted by Gasteiger charge is 2.32. The molecule has 0 saturated carbocycles. The van der Waals surface area contributed by atoms with Crippen LogP contribution in [0.1, 0.15) is 12.8 Å². The van der Waals surface area contributed by atoms with Crippen LogP contribution in [0.5, 0.6) is 0 Å². The Hall–Kier alpha value is -1.25. The van der Waals surface area contributed by atoms with E-state index >= 15 is 0 Å². The number of hydrogen-bond donors (Lipinski definition) is 1. The van der Waals surface area contributed by atoms with E-state index in [2.05, 4.69) is 5.32 Å². The van der Waals surface area contributed by atoms with Gasteiger partial charge in [-0.2, -0.15) is 4.31 Å². The molecule has 0 bridgehead atoms. The topological polar surface area (TPSA) is 66.5 Å². The second-order valence-electron chi connectivity index (χ2n) is 6.44. The van der Waals surface area contributed by atoms with E-state index < -0.39 is 10.0 Å². The number of para-hydroxylation sites is 1. The summed E-state index contributed by atoms with van der Waals surface area (Å²) in [5.74, 6) is -0.492. The Bertz CT molecular complexity index is 937. The molecule has 2 aromatic carbocycles. The number of nitrogens with zero attached hydrogens (tertiary/aromatic N) is 1. The highest BCUT2D eigenvalue weighted by atomic mass is 35.5. The number of carbonyl (C=O) groups excluding carboxylic acids is 1. The predicted octanol–water partition coefficient (Wildman–Crippen LogP) is 4.75. The number of anilines is 1. The number of amides is 1. The smallest absolute Gasteiger partial charge is 0.243 e. The van der Waals surface area contributed by atoms with Gasteiger partial charge in [0.15, 0.2) is 0 Å². The summed E-state index contributed by atoms with van der Waals surface area (Å²) in [6, 6.07) is 11.9. The van der Waals surface area contributed by atoms with Crippen LogP contribution in [0.4, 0.5) is 5.69 Å². The number of halogens is 2. The van der Waals surface area contributed by atoms with Crippen molar-refractivity contribution in [2.75, 3.05) is 24.7 Å². The number of rotatable bonds is 5. The fraction of sp³-hybridized carbons (Fsp3) is 0.316. The molecular weight excluding hydrogens is 439 g/mol. The minimum Gasteiger partial charge on any atom is -0.323 e. The van der Waals surface area contributed by atoms with Crippen LogP contribution in [0, 0.1) is 5.92 Å². The number of benzene rings is 2. The average molecular weight is 459 g/mol. The zero-order valence-corrected chi connectivity index (χ0v) is 18.3. The third-order valence-corrected chi connectivity index (χ3v) is 8.02. The van der Waals surface area contributed by atoms with Gasteiger partial charge in [0.2, 0.25) is 15.9 Å². The number of sulfonamides is 1. The maximum Gasteiger partial charge on any atom is 0.243 e. The van der Waals surface area contributed by atoms with Gasteiger partial charge in [0, 0.05) is 23.9 Å². The first-order valence-corrected chi connectivity index (χ1v) is 12.1. The molecule has 1 amide bonds. The normalized spacial score (nSPS) is 16.1. The second kappa shape index (κ2) is 9.05. The van der Waals surface area contributed by atoms with Crippen molar-refractivity contribution in [3.8, 4) is 0 Å². The lowest BCUT2D eigenvalue weighted by atomic mass is 9.97. The number of carbonyl (C=O) groups is 1. The fourth-order valence-corrected chi connectivity index (χ4v) is 5.47. The lowest BCUT2D eigenvalue weighted by Gasteiger charge is -2.30. The predicted molar refractivity (Wildman–Crippen MR) is 115 cm³/mol. The molecule has 1 aliphatic rings. The van der Waals surface area contributed by atoms with E-state index in [1.807, 2.05) is 6.26 Å². The maximum atomic E-state index is 12.8. The Labute approximate surface area is 179 Å². The van der Waals surface area contributed by atoms with Crippen LogP contribution in [0.15, 0.2) is 52.3 Å². The van der Waals surface area contributed by atoms with Gasteiger partial charge in [-0.1, -0.05) is 29.3 Å². The van der Waals surface area contributed by atoms with Gasteiger partial charge in [0.05, 0.1) is 20.6 Å². The van der Waals surface area contributed by atoms with Gasteiger partial charge in [-0.05, 0) is 55.5 Å². The molecule has 0 atom stereocenters. The molecule has 2 aromatic rings. The lowest BCUT2D eigenvalue weighted by Crippen LogP contribution is -2.41. The highest BCUT2D eigenvalue weighted by Crippen LogP contribution is 2.31. The van der Waals surface area contributed by atoms with Crippen LogP contribution in [0.2, 0.25) is 10.0 Å². The van der Waals surface area contributed by atoms with Crippen molar-refractivity contribution in [3.05, 3.63) is 52.5 Å². The van der Waals surface area contributed by atoms with Crippen LogP contribution in [0.25, 0.3) is 0 Å². The average Bonchev–Trinajstić information content (AvgIpc) is 2.71. The fourth-order valence-electron chi connectivity index (χ4n) is 3.10. The van der Waals surface area contributed by atoms with Crippen molar-refractivity contribution in [1.29, 1.82) is 0 Å². The van der Waals surface area contributed by atoms with Crippen LogP contribution in [-0.2, 0) is 14.8 Å². The molecule has 9 heteroatoms. The Morgan fingerprint density at radius 3 is 2.18 bits per heavy atom. The molecule has 0 aliphatic carbocycles. The Morgan fingerprint density at radius 1 is 1.07 bits per heavy atom. The summed E-state index contributed by atoms with van der Waals surface area (Å²) >= 11 is 13.8. The zero-order chi connectivity index (χ0) is 20.3. The number of piperidine rings is 1. The van der Waals surface area contributed by atoms with Crippen molar-refractivity contribution in [1.82, 2.24) is 4.31 Å². The van der Waals surface area contributed by atoms with E-state index in [0.717, 1.165) is 4.90 Å². The molecule has 150 valence electrons. The first kappa shape index (κ1) is 21.5. The Balaban J connectivity index is 1.64. The number of nitrogens with one attached hydrogen (secondary N) is 1. The minimum atomic E-state index is -3.56. The molecule has 0 radical (unpaired) electrons. The standard InChI is InChI=1S/C19H20Cl2N2O3S2/c1-27-14-5-7-15(8-6-14)28(25,26)23-11-9-13(10-12-23)19(24)22-18-16(20)3-2-4-17(18)21/h2-8,13H,9-12H2,1H3,(H,22,24). The first-order valence-electron chi connectivity index (χ1n) is 8.72. The quantitative estimate of drug-likeness (QED) is 0.656. The first-order chi connectivity index (χ1) is 13.3. The van der Waals surface area contributed by atoms with Crippen molar-refractivity contribution in [3.63, 3.8) is 0 Å². The summed E-state index contributed by atoms with van der Waals surface area (Å²) < 4.78 is 27.1. The highest BCUT2D eigenvalue weighted by molar-refractivity contribution is 7.98. The van der Waals surface area contributed by atoms with Crippen LogP contribution in [0.3, 0.4) is 0 Å². The van der Waals surface area contributed by atoms with Gasteiger partial charge in [-0.15, -0.1) is 11.8 Å². The third-order valence-electron chi connectivity index (χ3n) is 4.73. The van der Waals surface area contributed by atoms with Crippen LogP contribution in [-0.4, -0.2) is 38.0 Å². The third kappa shape index (κ3) is 4.66. The molecule has 0 unspecified atom stereocenters. The monoisotopic (exact) mass is 458 g/mol. The van der Waals surface area contributed by atoms with Crippen molar-refractivity contribution >= 4 is 56.6 Å². The van der Waals surface area contributed by atoms with Gasteiger partial charge in [0.1, 0.15) is 0 Å². The van der Waals surface area contributed by atoms with E-state index in [1.54, 1.807) is 54.2 Å². The molecule has 1 aliphatic heterocycles.